The molecular formula is C18H22FNO2S2. The maximum atomic E-state index is 13.0. The molecule has 1 aromatic carbocycles. The zero-order valence-electron chi connectivity index (χ0n) is 13.7. The van der Waals surface area contributed by atoms with Gasteiger partial charge in [0, 0.05) is 22.3 Å². The Morgan fingerprint density at radius 3 is 2.58 bits per heavy atom. The van der Waals surface area contributed by atoms with Crippen LogP contribution < -0.4 is 0 Å². The van der Waals surface area contributed by atoms with Gasteiger partial charge in [-0.3, -0.25) is 4.90 Å². The molecule has 0 spiro atoms. The van der Waals surface area contributed by atoms with Crippen LogP contribution in [0, 0.1) is 5.82 Å². The van der Waals surface area contributed by atoms with Gasteiger partial charge in [-0.25, -0.2) is 12.8 Å². The molecule has 24 heavy (non-hydrogen) atoms. The Labute approximate surface area is 147 Å². The summed E-state index contributed by atoms with van der Waals surface area (Å²) in [5.74, 6) is 0.360. The SMILES string of the molecule is CCCN(Cc1ccc(-c2ccc(F)cc2)s1)[C@@H]1CCS(=O)(=O)C1. The molecule has 0 saturated carbocycles. The molecule has 0 radical (unpaired) electrons. The molecule has 2 aromatic rings. The van der Waals surface area contributed by atoms with Crippen LogP contribution in [-0.2, 0) is 16.4 Å². The first-order chi connectivity index (χ1) is 11.5. The average molecular weight is 368 g/mol. The molecular weight excluding hydrogens is 345 g/mol. The monoisotopic (exact) mass is 367 g/mol. The van der Waals surface area contributed by atoms with E-state index in [0.29, 0.717) is 5.75 Å². The van der Waals surface area contributed by atoms with E-state index in [9.17, 15) is 12.8 Å². The second-order valence-corrected chi connectivity index (χ2v) is 9.70. The second kappa shape index (κ2) is 7.33. The number of thiophene rings is 1. The summed E-state index contributed by atoms with van der Waals surface area (Å²) in [7, 11) is -2.87. The quantitative estimate of drug-likeness (QED) is 0.776. The summed E-state index contributed by atoms with van der Waals surface area (Å²) < 4.78 is 36.6. The van der Waals surface area contributed by atoms with Gasteiger partial charge >= 0.3 is 0 Å². The highest BCUT2D eigenvalue weighted by Gasteiger charge is 2.32. The fraction of sp³-hybridized carbons (Fsp3) is 0.444. The van der Waals surface area contributed by atoms with Gasteiger partial charge in [0.1, 0.15) is 5.82 Å². The lowest BCUT2D eigenvalue weighted by Gasteiger charge is -2.27. The van der Waals surface area contributed by atoms with Crippen LogP contribution in [0.15, 0.2) is 36.4 Å². The summed E-state index contributed by atoms with van der Waals surface area (Å²) in [5, 5.41) is 0. The first-order valence-electron chi connectivity index (χ1n) is 8.26. The predicted octanol–water partition coefficient (Wildman–Crippen LogP) is 3.95. The van der Waals surface area contributed by atoms with Gasteiger partial charge < -0.3 is 0 Å². The Morgan fingerprint density at radius 1 is 1.21 bits per heavy atom. The van der Waals surface area contributed by atoms with Gasteiger partial charge in [-0.05, 0) is 49.2 Å². The zero-order chi connectivity index (χ0) is 17.2. The van der Waals surface area contributed by atoms with Gasteiger partial charge in [0.25, 0.3) is 0 Å². The molecule has 2 heterocycles. The van der Waals surface area contributed by atoms with Crippen LogP contribution in [0.25, 0.3) is 10.4 Å². The van der Waals surface area contributed by atoms with E-state index in [1.165, 1.54) is 17.0 Å². The highest BCUT2D eigenvalue weighted by Crippen LogP contribution is 2.30. The standard InChI is InChI=1S/C18H22FNO2S2/c1-2-10-20(16-9-11-24(21,22)13-16)12-17-7-8-18(23-17)14-3-5-15(19)6-4-14/h3-8,16H,2,9-13H2,1H3/t16-/m1/s1. The van der Waals surface area contributed by atoms with Crippen LogP contribution in [0.2, 0.25) is 0 Å². The summed E-state index contributed by atoms with van der Waals surface area (Å²) in [6.45, 7) is 3.80. The number of benzene rings is 1. The Balaban J connectivity index is 1.72. The van der Waals surface area contributed by atoms with Crippen LogP contribution in [0.3, 0.4) is 0 Å². The number of sulfone groups is 1. The van der Waals surface area contributed by atoms with Gasteiger partial charge in [0.2, 0.25) is 0 Å². The molecule has 0 N–H and O–H groups in total. The van der Waals surface area contributed by atoms with Crippen molar-refractivity contribution >= 4 is 21.2 Å². The van der Waals surface area contributed by atoms with E-state index in [-0.39, 0.29) is 17.6 Å². The van der Waals surface area contributed by atoms with Crippen molar-refractivity contribution in [3.63, 3.8) is 0 Å². The van der Waals surface area contributed by atoms with Gasteiger partial charge in [-0.15, -0.1) is 11.3 Å². The number of hydrogen-bond acceptors (Lipinski definition) is 4. The maximum absolute atomic E-state index is 13.0. The summed E-state index contributed by atoms with van der Waals surface area (Å²) in [6, 6.07) is 10.8. The van der Waals surface area contributed by atoms with E-state index >= 15 is 0 Å². The minimum atomic E-state index is -2.87. The summed E-state index contributed by atoms with van der Waals surface area (Å²) in [4.78, 5) is 4.62. The largest absolute Gasteiger partial charge is 0.294 e. The molecule has 1 atom stereocenters. The lowest BCUT2D eigenvalue weighted by atomic mass is 10.2. The first-order valence-corrected chi connectivity index (χ1v) is 10.9. The lowest BCUT2D eigenvalue weighted by Crippen LogP contribution is -2.36. The molecule has 6 heteroatoms. The van der Waals surface area contributed by atoms with Crippen LogP contribution in [0.4, 0.5) is 4.39 Å². The molecule has 1 aromatic heterocycles. The van der Waals surface area contributed by atoms with Crippen molar-refractivity contribution in [1.82, 2.24) is 4.90 Å². The fourth-order valence-corrected chi connectivity index (χ4v) is 5.97. The van der Waals surface area contributed by atoms with E-state index in [0.717, 1.165) is 36.4 Å². The minimum Gasteiger partial charge on any atom is -0.294 e. The molecule has 1 fully saturated rings. The van der Waals surface area contributed by atoms with E-state index in [2.05, 4.69) is 24.0 Å². The van der Waals surface area contributed by atoms with Crippen LogP contribution in [-0.4, -0.2) is 37.4 Å². The molecule has 3 rings (SSSR count). The van der Waals surface area contributed by atoms with E-state index < -0.39 is 9.84 Å². The third-order valence-electron chi connectivity index (χ3n) is 4.38. The molecule has 1 aliphatic heterocycles. The highest BCUT2D eigenvalue weighted by molar-refractivity contribution is 7.91. The predicted molar refractivity (Wildman–Crippen MR) is 97.5 cm³/mol. The number of halogens is 1. The molecule has 0 aliphatic carbocycles. The van der Waals surface area contributed by atoms with Crippen molar-refractivity contribution in [2.75, 3.05) is 18.1 Å². The molecule has 0 unspecified atom stereocenters. The molecule has 1 saturated heterocycles. The van der Waals surface area contributed by atoms with Crippen molar-refractivity contribution in [1.29, 1.82) is 0 Å². The lowest BCUT2D eigenvalue weighted by molar-refractivity contribution is 0.205. The molecule has 0 amide bonds. The third kappa shape index (κ3) is 4.23. The van der Waals surface area contributed by atoms with Gasteiger partial charge in [0.05, 0.1) is 11.5 Å². The molecule has 0 bridgehead atoms. The fourth-order valence-electron chi connectivity index (χ4n) is 3.17. The second-order valence-electron chi connectivity index (χ2n) is 6.30. The van der Waals surface area contributed by atoms with Crippen molar-refractivity contribution in [3.8, 4) is 10.4 Å². The van der Waals surface area contributed by atoms with E-state index in [1.807, 2.05) is 0 Å². The Morgan fingerprint density at radius 2 is 1.96 bits per heavy atom. The van der Waals surface area contributed by atoms with Crippen LogP contribution in [0.5, 0.6) is 0 Å². The summed E-state index contributed by atoms with van der Waals surface area (Å²) in [5.41, 5.74) is 1.01. The van der Waals surface area contributed by atoms with Crippen molar-refractivity contribution in [2.24, 2.45) is 0 Å². The van der Waals surface area contributed by atoms with Gasteiger partial charge in [-0.1, -0.05) is 19.1 Å². The summed E-state index contributed by atoms with van der Waals surface area (Å²) >= 11 is 1.69. The van der Waals surface area contributed by atoms with E-state index in [1.54, 1.807) is 23.5 Å². The van der Waals surface area contributed by atoms with Crippen molar-refractivity contribution in [3.05, 3.63) is 47.1 Å². The Hall–Kier alpha value is -1.24. The van der Waals surface area contributed by atoms with E-state index in [4.69, 9.17) is 0 Å². The summed E-state index contributed by atoms with van der Waals surface area (Å²) in [6.07, 6.45) is 1.74. The van der Waals surface area contributed by atoms with Crippen LogP contribution >= 0.6 is 11.3 Å². The first kappa shape index (κ1) is 17.6. The molecule has 3 nitrogen and oxygen atoms in total. The molecule has 1 aliphatic rings. The Kier molecular flexibility index (Phi) is 5.37. The van der Waals surface area contributed by atoms with Crippen molar-refractivity contribution < 1.29 is 12.8 Å². The van der Waals surface area contributed by atoms with Crippen LogP contribution in [0.1, 0.15) is 24.6 Å². The van der Waals surface area contributed by atoms with Crippen molar-refractivity contribution in [2.45, 2.75) is 32.4 Å². The van der Waals surface area contributed by atoms with Gasteiger partial charge in [-0.2, -0.15) is 0 Å². The topological polar surface area (TPSA) is 37.4 Å². The smallest absolute Gasteiger partial charge is 0.151 e. The Bertz CT molecular complexity index is 784. The highest BCUT2D eigenvalue weighted by atomic mass is 32.2. The molecule has 130 valence electrons. The number of nitrogens with zero attached hydrogens (tertiary/aromatic N) is 1. The minimum absolute atomic E-state index is 0.131. The zero-order valence-corrected chi connectivity index (χ0v) is 15.4. The number of rotatable bonds is 6. The normalized spacial score (nSPS) is 19.9. The average Bonchev–Trinajstić information content (AvgIpc) is 3.14. The number of hydrogen-bond donors (Lipinski definition) is 0. The maximum Gasteiger partial charge on any atom is 0.151 e. The third-order valence-corrected chi connectivity index (χ3v) is 7.25. The van der Waals surface area contributed by atoms with Gasteiger partial charge in [0.15, 0.2) is 9.84 Å².